The molecule has 0 spiro atoms. The maximum atomic E-state index is 12.1. The lowest BCUT2D eigenvalue weighted by atomic mass is 10.1. The van der Waals surface area contributed by atoms with Crippen molar-refractivity contribution in [2.75, 3.05) is 28.6 Å². The van der Waals surface area contributed by atoms with Gasteiger partial charge in [0.05, 0.1) is 0 Å². The van der Waals surface area contributed by atoms with Crippen LogP contribution >= 0.6 is 12.6 Å². The number of rotatable bonds is 2. The second-order valence-corrected chi connectivity index (χ2v) is 5.86. The van der Waals surface area contributed by atoms with Crippen molar-refractivity contribution in [2.45, 2.75) is 19.8 Å². The Morgan fingerprint density at radius 2 is 2.25 bits per heavy atom. The number of carbonyl (C=O) groups is 2. The molecule has 0 aliphatic carbocycles. The monoisotopic (exact) mass is 290 g/mol. The highest BCUT2D eigenvalue weighted by molar-refractivity contribution is 7.80. The second-order valence-electron chi connectivity index (χ2n) is 5.49. The third-order valence-corrected chi connectivity index (χ3v) is 4.64. The van der Waals surface area contributed by atoms with Crippen LogP contribution in [0.5, 0.6) is 0 Å². The highest BCUT2D eigenvalue weighted by Crippen LogP contribution is 2.34. The quantitative estimate of drug-likeness (QED) is 0.845. The zero-order valence-corrected chi connectivity index (χ0v) is 12.4. The summed E-state index contributed by atoms with van der Waals surface area (Å²) >= 11 is 4.28. The Morgan fingerprint density at radius 3 is 2.90 bits per heavy atom. The van der Waals surface area contributed by atoms with Gasteiger partial charge < -0.3 is 9.80 Å². The largest absolute Gasteiger partial charge is 0.312 e. The maximum absolute atomic E-state index is 12.1. The van der Waals surface area contributed by atoms with Crippen molar-refractivity contribution < 1.29 is 9.59 Å². The van der Waals surface area contributed by atoms with Gasteiger partial charge in [-0.2, -0.15) is 12.6 Å². The molecule has 1 unspecified atom stereocenters. The third kappa shape index (κ3) is 2.20. The molecule has 2 amide bonds. The predicted molar refractivity (Wildman–Crippen MR) is 82.5 cm³/mol. The van der Waals surface area contributed by atoms with Crippen LogP contribution in [0.25, 0.3) is 0 Å². The number of hydrogen-bond donors (Lipinski definition) is 1. The van der Waals surface area contributed by atoms with Gasteiger partial charge in [0.2, 0.25) is 11.8 Å². The summed E-state index contributed by atoms with van der Waals surface area (Å²) in [5.41, 5.74) is 3.03. The number of thiol groups is 1. The lowest BCUT2D eigenvalue weighted by molar-refractivity contribution is -0.117. The Kier molecular flexibility index (Phi) is 3.46. The summed E-state index contributed by atoms with van der Waals surface area (Å²) in [6, 6.07) is 6.00. The van der Waals surface area contributed by atoms with Crippen molar-refractivity contribution in [1.29, 1.82) is 0 Å². The number of amides is 2. The molecule has 1 aromatic rings. The van der Waals surface area contributed by atoms with Crippen LogP contribution in [0.2, 0.25) is 0 Å². The van der Waals surface area contributed by atoms with E-state index in [0.717, 1.165) is 36.6 Å². The van der Waals surface area contributed by atoms with Crippen LogP contribution < -0.4 is 9.80 Å². The maximum Gasteiger partial charge on any atom is 0.227 e. The molecule has 1 fully saturated rings. The molecule has 0 radical (unpaired) electrons. The molecule has 2 heterocycles. The fourth-order valence-corrected chi connectivity index (χ4v) is 3.26. The average Bonchev–Trinajstić information content (AvgIpc) is 3.01. The van der Waals surface area contributed by atoms with Gasteiger partial charge in [-0.3, -0.25) is 9.59 Å². The first-order chi connectivity index (χ1) is 9.60. The first-order valence-corrected chi connectivity index (χ1v) is 7.55. The van der Waals surface area contributed by atoms with Gasteiger partial charge >= 0.3 is 0 Å². The highest BCUT2D eigenvalue weighted by atomic mass is 32.1. The highest BCUT2D eigenvalue weighted by Gasteiger charge is 2.31. The molecule has 20 heavy (non-hydrogen) atoms. The molecule has 1 atom stereocenters. The molecular weight excluding hydrogens is 272 g/mol. The molecule has 1 aromatic carbocycles. The van der Waals surface area contributed by atoms with Crippen molar-refractivity contribution >= 4 is 35.8 Å². The van der Waals surface area contributed by atoms with Crippen LogP contribution in [0.1, 0.15) is 18.9 Å². The second kappa shape index (κ2) is 5.13. The van der Waals surface area contributed by atoms with Gasteiger partial charge in [-0.1, -0.05) is 6.07 Å². The van der Waals surface area contributed by atoms with Gasteiger partial charge in [-0.25, -0.2) is 0 Å². The molecule has 0 aromatic heterocycles. The Balaban J connectivity index is 1.91. The molecule has 106 valence electrons. The molecule has 4 nitrogen and oxygen atoms in total. The van der Waals surface area contributed by atoms with Crippen LogP contribution in [0, 0.1) is 5.92 Å². The molecule has 0 bridgehead atoms. The van der Waals surface area contributed by atoms with Gasteiger partial charge in [0.15, 0.2) is 0 Å². The van der Waals surface area contributed by atoms with Crippen LogP contribution in [-0.2, 0) is 16.0 Å². The number of fused-ring (bicyclic) bond motifs is 1. The van der Waals surface area contributed by atoms with E-state index in [0.29, 0.717) is 12.3 Å². The normalized spacial score (nSPS) is 21.5. The Morgan fingerprint density at radius 1 is 1.45 bits per heavy atom. The molecule has 5 heteroatoms. The van der Waals surface area contributed by atoms with E-state index in [2.05, 4.69) is 12.6 Å². The van der Waals surface area contributed by atoms with Crippen LogP contribution in [0.15, 0.2) is 18.2 Å². The van der Waals surface area contributed by atoms with E-state index < -0.39 is 0 Å². The number of hydrogen-bond acceptors (Lipinski definition) is 3. The van der Waals surface area contributed by atoms with E-state index in [1.807, 2.05) is 23.1 Å². The summed E-state index contributed by atoms with van der Waals surface area (Å²) < 4.78 is 0. The first kappa shape index (κ1) is 13.5. The van der Waals surface area contributed by atoms with Crippen LogP contribution in [0.4, 0.5) is 11.4 Å². The summed E-state index contributed by atoms with van der Waals surface area (Å²) in [5.74, 6) is 1.26. The summed E-state index contributed by atoms with van der Waals surface area (Å²) in [6.45, 7) is 3.04. The zero-order chi connectivity index (χ0) is 14.3. The third-order valence-electron chi connectivity index (χ3n) is 4.12. The average molecular weight is 290 g/mol. The van der Waals surface area contributed by atoms with E-state index in [9.17, 15) is 9.59 Å². The smallest absolute Gasteiger partial charge is 0.227 e. The van der Waals surface area contributed by atoms with Gasteiger partial charge in [0.25, 0.3) is 0 Å². The summed E-state index contributed by atoms with van der Waals surface area (Å²) in [5, 5.41) is 0. The van der Waals surface area contributed by atoms with Crippen molar-refractivity contribution in [3.05, 3.63) is 23.8 Å². The SMILES string of the molecule is CC(=O)N1CCc2ccc(N3CC(CS)CC3=O)cc21. The van der Waals surface area contributed by atoms with Crippen LogP contribution in [0.3, 0.4) is 0 Å². The number of anilines is 2. The van der Waals surface area contributed by atoms with Crippen LogP contribution in [-0.4, -0.2) is 30.7 Å². The van der Waals surface area contributed by atoms with E-state index >= 15 is 0 Å². The Bertz CT molecular complexity index is 573. The lowest BCUT2D eigenvalue weighted by Crippen LogP contribution is -2.27. The van der Waals surface area contributed by atoms with E-state index in [-0.39, 0.29) is 11.8 Å². The van der Waals surface area contributed by atoms with Gasteiger partial charge in [0, 0.05) is 37.8 Å². The summed E-state index contributed by atoms with van der Waals surface area (Å²) in [6.07, 6.45) is 1.46. The number of benzene rings is 1. The van der Waals surface area contributed by atoms with Crippen molar-refractivity contribution in [2.24, 2.45) is 5.92 Å². The minimum Gasteiger partial charge on any atom is -0.312 e. The lowest BCUT2D eigenvalue weighted by Gasteiger charge is -2.20. The predicted octanol–water partition coefficient (Wildman–Crippen LogP) is 1.88. The topological polar surface area (TPSA) is 40.6 Å². The Labute approximate surface area is 124 Å². The van der Waals surface area contributed by atoms with Crippen molar-refractivity contribution in [3.63, 3.8) is 0 Å². The molecule has 2 aliphatic rings. The summed E-state index contributed by atoms with van der Waals surface area (Å²) in [7, 11) is 0. The van der Waals surface area contributed by atoms with Gasteiger partial charge in [-0.05, 0) is 35.8 Å². The Hall–Kier alpha value is -1.49. The summed E-state index contributed by atoms with van der Waals surface area (Å²) in [4.78, 5) is 27.3. The molecule has 1 saturated heterocycles. The molecule has 0 N–H and O–H groups in total. The van der Waals surface area contributed by atoms with E-state index in [1.165, 1.54) is 5.56 Å². The van der Waals surface area contributed by atoms with E-state index in [4.69, 9.17) is 0 Å². The first-order valence-electron chi connectivity index (χ1n) is 6.92. The molecule has 3 rings (SSSR count). The van der Waals surface area contributed by atoms with Crippen molar-refractivity contribution in [1.82, 2.24) is 0 Å². The molecular formula is C15H18N2O2S. The fraction of sp³-hybridized carbons (Fsp3) is 0.467. The number of carbonyl (C=O) groups excluding carboxylic acids is 2. The van der Waals surface area contributed by atoms with Gasteiger partial charge in [0.1, 0.15) is 0 Å². The zero-order valence-electron chi connectivity index (χ0n) is 11.5. The minimum atomic E-state index is 0.0573. The standard InChI is InChI=1S/C15H18N2O2S/c1-10(18)16-5-4-12-2-3-13(7-14(12)16)17-8-11(9-20)6-15(17)19/h2-3,7,11,20H,4-6,8-9H2,1H3. The van der Waals surface area contributed by atoms with Gasteiger partial charge in [-0.15, -0.1) is 0 Å². The number of nitrogens with zero attached hydrogens (tertiary/aromatic N) is 2. The molecule has 2 aliphatic heterocycles. The minimum absolute atomic E-state index is 0.0573. The fourth-order valence-electron chi connectivity index (χ4n) is 3.02. The molecule has 0 saturated carbocycles. The van der Waals surface area contributed by atoms with Crippen molar-refractivity contribution in [3.8, 4) is 0 Å². The van der Waals surface area contributed by atoms with E-state index in [1.54, 1.807) is 11.8 Å².